The second kappa shape index (κ2) is 10.6. The molecule has 37 heavy (non-hydrogen) atoms. The van der Waals surface area contributed by atoms with Gasteiger partial charge in [0.2, 0.25) is 0 Å². The fourth-order valence-electron chi connectivity index (χ4n) is 4.93. The number of likely N-dealkylation sites (tertiary alicyclic amines) is 1. The number of morpholine rings is 1. The summed E-state index contributed by atoms with van der Waals surface area (Å²) in [7, 11) is 1.58. The molecule has 0 spiro atoms. The molecule has 0 unspecified atom stereocenters. The Bertz CT molecular complexity index is 1310. The van der Waals surface area contributed by atoms with Gasteiger partial charge < -0.3 is 19.5 Å². The molecule has 0 aliphatic carbocycles. The van der Waals surface area contributed by atoms with E-state index < -0.39 is 17.7 Å². The van der Waals surface area contributed by atoms with Crippen LogP contribution < -0.4 is 4.74 Å². The van der Waals surface area contributed by atoms with Crippen LogP contribution in [0.25, 0.3) is 11.4 Å². The van der Waals surface area contributed by atoms with E-state index in [-0.39, 0.29) is 11.3 Å². The number of carbonyl (C=O) groups excluding carboxylic acids is 2. The number of aliphatic hydroxyl groups is 1. The summed E-state index contributed by atoms with van der Waals surface area (Å²) < 4.78 is 12.4. The Morgan fingerprint density at radius 1 is 1.05 bits per heavy atom. The number of ketones is 1. The Hall–Kier alpha value is -3.95. The molecule has 1 atom stereocenters. The third kappa shape index (κ3) is 4.75. The van der Waals surface area contributed by atoms with Gasteiger partial charge in [-0.15, -0.1) is 0 Å². The van der Waals surface area contributed by atoms with Gasteiger partial charge in [0, 0.05) is 26.2 Å². The molecule has 9 heteroatoms. The summed E-state index contributed by atoms with van der Waals surface area (Å²) in [5, 5.41) is 15.9. The Labute approximate surface area is 215 Å². The number of methoxy groups -OCH3 is 1. The van der Waals surface area contributed by atoms with Crippen molar-refractivity contribution in [1.29, 1.82) is 0 Å². The lowest BCUT2D eigenvalue weighted by atomic mass is 9.95. The molecule has 0 radical (unpaired) electrons. The van der Waals surface area contributed by atoms with Crippen LogP contribution in [0, 0.1) is 6.92 Å². The zero-order valence-corrected chi connectivity index (χ0v) is 21.0. The second-order valence-corrected chi connectivity index (χ2v) is 9.11. The molecule has 2 aromatic carbocycles. The van der Waals surface area contributed by atoms with Gasteiger partial charge in [-0.25, -0.2) is 4.68 Å². The first-order chi connectivity index (χ1) is 18.0. The smallest absolute Gasteiger partial charge is 0.295 e. The molecule has 5 rings (SSSR count). The topological polar surface area (TPSA) is 97.1 Å². The maximum atomic E-state index is 13.4. The molecule has 2 saturated heterocycles. The van der Waals surface area contributed by atoms with Crippen LogP contribution in [-0.2, 0) is 14.3 Å². The first-order valence-electron chi connectivity index (χ1n) is 12.3. The summed E-state index contributed by atoms with van der Waals surface area (Å²) >= 11 is 0. The molecule has 1 amide bonds. The highest BCUT2D eigenvalue weighted by atomic mass is 16.5. The van der Waals surface area contributed by atoms with Crippen LogP contribution in [0.5, 0.6) is 5.75 Å². The number of aliphatic hydroxyl groups excluding tert-OH is 1. The highest BCUT2D eigenvalue weighted by molar-refractivity contribution is 6.46. The minimum absolute atomic E-state index is 0.0628. The largest absolute Gasteiger partial charge is 0.507 e. The maximum absolute atomic E-state index is 13.4. The second-order valence-electron chi connectivity index (χ2n) is 9.11. The van der Waals surface area contributed by atoms with Crippen LogP contribution in [0.4, 0.5) is 0 Å². The average Bonchev–Trinajstić information content (AvgIpc) is 3.45. The third-order valence-corrected chi connectivity index (χ3v) is 7.00. The lowest BCUT2D eigenvalue weighted by molar-refractivity contribution is -0.140. The Balaban J connectivity index is 1.55. The Morgan fingerprint density at radius 3 is 2.43 bits per heavy atom. The molecule has 192 valence electrons. The average molecular weight is 503 g/mol. The van der Waals surface area contributed by atoms with Gasteiger partial charge in [0.15, 0.2) is 0 Å². The molecule has 2 aliphatic heterocycles. The van der Waals surface area contributed by atoms with Crippen molar-refractivity contribution >= 4 is 17.4 Å². The van der Waals surface area contributed by atoms with Crippen LogP contribution in [0.2, 0.25) is 0 Å². The number of carbonyl (C=O) groups is 2. The van der Waals surface area contributed by atoms with Crippen molar-refractivity contribution in [1.82, 2.24) is 19.6 Å². The monoisotopic (exact) mass is 502 g/mol. The summed E-state index contributed by atoms with van der Waals surface area (Å²) in [5.41, 5.74) is 2.69. The molecule has 3 heterocycles. The molecule has 2 aliphatic rings. The van der Waals surface area contributed by atoms with Gasteiger partial charge in [-0.2, -0.15) is 5.10 Å². The van der Waals surface area contributed by atoms with Crippen LogP contribution in [0.1, 0.15) is 22.9 Å². The molecule has 0 bridgehead atoms. The number of aromatic nitrogens is 2. The van der Waals surface area contributed by atoms with Crippen LogP contribution in [0.15, 0.2) is 66.4 Å². The Kier molecular flexibility index (Phi) is 7.07. The van der Waals surface area contributed by atoms with E-state index in [1.54, 1.807) is 28.8 Å². The van der Waals surface area contributed by atoms with Crippen molar-refractivity contribution in [3.8, 4) is 11.4 Å². The lowest BCUT2D eigenvalue weighted by Gasteiger charge is -2.31. The van der Waals surface area contributed by atoms with Crippen molar-refractivity contribution in [2.24, 2.45) is 0 Å². The van der Waals surface area contributed by atoms with E-state index in [0.29, 0.717) is 43.3 Å². The maximum Gasteiger partial charge on any atom is 0.295 e. The third-order valence-electron chi connectivity index (χ3n) is 7.00. The number of hydrogen-bond acceptors (Lipinski definition) is 7. The normalized spacial score (nSPS) is 19.9. The highest BCUT2D eigenvalue weighted by Gasteiger charge is 2.46. The van der Waals surface area contributed by atoms with Gasteiger partial charge >= 0.3 is 0 Å². The van der Waals surface area contributed by atoms with Crippen molar-refractivity contribution in [2.45, 2.75) is 13.0 Å². The molecule has 1 N–H and O–H groups in total. The van der Waals surface area contributed by atoms with E-state index in [1.165, 1.54) is 6.20 Å². The number of amides is 1. The molecule has 9 nitrogen and oxygen atoms in total. The van der Waals surface area contributed by atoms with Crippen LogP contribution in [0.3, 0.4) is 0 Å². The predicted molar refractivity (Wildman–Crippen MR) is 138 cm³/mol. The first kappa shape index (κ1) is 24.7. The van der Waals surface area contributed by atoms with E-state index in [2.05, 4.69) is 10.00 Å². The molecule has 3 aromatic rings. The van der Waals surface area contributed by atoms with E-state index in [1.807, 2.05) is 49.4 Å². The number of hydrogen-bond donors (Lipinski definition) is 1. The van der Waals surface area contributed by atoms with Crippen LogP contribution in [-0.4, -0.2) is 82.9 Å². The van der Waals surface area contributed by atoms with Crippen molar-refractivity contribution in [3.05, 3.63) is 83.2 Å². The van der Waals surface area contributed by atoms with E-state index in [9.17, 15) is 14.7 Å². The number of ether oxygens (including phenoxy) is 2. The predicted octanol–water partition coefficient (Wildman–Crippen LogP) is 2.94. The molecular formula is C28H30N4O5. The number of para-hydroxylation sites is 1. The van der Waals surface area contributed by atoms with Crippen LogP contribution >= 0.6 is 0 Å². The summed E-state index contributed by atoms with van der Waals surface area (Å²) in [6.45, 7) is 5.61. The van der Waals surface area contributed by atoms with Gasteiger partial charge in [-0.1, -0.05) is 30.3 Å². The molecule has 0 saturated carbocycles. The van der Waals surface area contributed by atoms with Gasteiger partial charge in [-0.05, 0) is 36.8 Å². The van der Waals surface area contributed by atoms with Crippen molar-refractivity contribution < 1.29 is 24.2 Å². The van der Waals surface area contributed by atoms with E-state index in [0.717, 1.165) is 24.3 Å². The zero-order chi connectivity index (χ0) is 25.9. The van der Waals surface area contributed by atoms with Gasteiger partial charge in [0.25, 0.3) is 11.7 Å². The van der Waals surface area contributed by atoms with Gasteiger partial charge in [0.1, 0.15) is 11.5 Å². The number of Topliss-reactive ketones (excluding diaryl/α,β-unsaturated/α-hetero) is 1. The summed E-state index contributed by atoms with van der Waals surface area (Å²) in [5.74, 6) is -0.891. The molecule has 1 aromatic heterocycles. The molecule has 2 fully saturated rings. The summed E-state index contributed by atoms with van der Waals surface area (Å²) in [6, 6.07) is 16.0. The summed E-state index contributed by atoms with van der Waals surface area (Å²) in [4.78, 5) is 30.4. The number of nitrogens with zero attached hydrogens (tertiary/aromatic N) is 4. The quantitative estimate of drug-likeness (QED) is 0.301. The SMILES string of the molecule is COc1ccc([C@@H]2/C(=C(\O)c3cnn(-c4ccccc4)c3C)C(=O)C(=O)N2CCN2CCOCC2)cc1. The minimum atomic E-state index is -0.730. The zero-order valence-electron chi connectivity index (χ0n) is 21.0. The van der Waals surface area contributed by atoms with Gasteiger partial charge in [0.05, 0.1) is 55.1 Å². The first-order valence-corrected chi connectivity index (χ1v) is 12.3. The fraction of sp³-hybridized carbons (Fsp3) is 0.321. The fourth-order valence-corrected chi connectivity index (χ4v) is 4.93. The van der Waals surface area contributed by atoms with E-state index in [4.69, 9.17) is 9.47 Å². The Morgan fingerprint density at radius 2 is 1.76 bits per heavy atom. The number of rotatable bonds is 7. The summed E-state index contributed by atoms with van der Waals surface area (Å²) in [6.07, 6.45) is 1.53. The standard InChI is InChI=1S/C28H30N4O5/c1-19-23(18-29-32(19)21-6-4-3-5-7-21)26(33)24-25(20-8-10-22(36-2)11-9-20)31(28(35)27(24)34)13-12-30-14-16-37-17-15-30/h3-11,18,25,33H,12-17H2,1-2H3/b26-24+/t25-/m1/s1. The molecular weight excluding hydrogens is 472 g/mol. The minimum Gasteiger partial charge on any atom is -0.507 e. The van der Waals surface area contributed by atoms with Crippen molar-refractivity contribution in [2.75, 3.05) is 46.5 Å². The van der Waals surface area contributed by atoms with E-state index >= 15 is 0 Å². The highest BCUT2D eigenvalue weighted by Crippen LogP contribution is 2.40. The number of benzene rings is 2. The lowest BCUT2D eigenvalue weighted by Crippen LogP contribution is -2.42. The van der Waals surface area contributed by atoms with Crippen molar-refractivity contribution in [3.63, 3.8) is 0 Å². The van der Waals surface area contributed by atoms with Gasteiger partial charge in [-0.3, -0.25) is 14.5 Å².